The molecule has 0 aliphatic heterocycles. The van der Waals surface area contributed by atoms with Gasteiger partial charge in [0.1, 0.15) is 5.82 Å². The second-order valence-electron chi connectivity index (χ2n) is 7.16. The molecule has 0 aliphatic carbocycles. The highest BCUT2D eigenvalue weighted by Gasteiger charge is 2.34. The summed E-state index contributed by atoms with van der Waals surface area (Å²) in [5, 5.41) is 14.7. The van der Waals surface area contributed by atoms with E-state index in [1.807, 2.05) is 41.9 Å². The molecule has 10 heteroatoms. The molecule has 0 aliphatic rings. The van der Waals surface area contributed by atoms with E-state index in [2.05, 4.69) is 20.6 Å². The van der Waals surface area contributed by atoms with Crippen LogP contribution in [0.4, 0.5) is 13.2 Å². The molecule has 1 amide bonds. The first-order chi connectivity index (χ1) is 14.2. The van der Waals surface area contributed by atoms with Crippen molar-refractivity contribution in [1.29, 1.82) is 0 Å². The number of aromatic nitrogens is 5. The van der Waals surface area contributed by atoms with Crippen LogP contribution in [0.15, 0.2) is 36.4 Å². The molecule has 30 heavy (non-hydrogen) atoms. The van der Waals surface area contributed by atoms with Crippen LogP contribution in [0.2, 0.25) is 0 Å². The minimum absolute atomic E-state index is 0.0653. The number of halogens is 3. The second kappa shape index (κ2) is 8.68. The summed E-state index contributed by atoms with van der Waals surface area (Å²) in [7, 11) is 1.86. The Labute approximate surface area is 171 Å². The Hall–Kier alpha value is -3.17. The van der Waals surface area contributed by atoms with Gasteiger partial charge in [-0.3, -0.25) is 9.48 Å². The molecular formula is C20H23F3N6O. The van der Waals surface area contributed by atoms with E-state index in [9.17, 15) is 18.0 Å². The lowest BCUT2D eigenvalue weighted by atomic mass is 10.1. The number of hydrogen-bond donors (Lipinski definition) is 1. The summed E-state index contributed by atoms with van der Waals surface area (Å²) in [4.78, 5) is 12.3. The van der Waals surface area contributed by atoms with E-state index in [0.717, 1.165) is 23.3 Å². The van der Waals surface area contributed by atoms with Crippen LogP contribution in [0.25, 0.3) is 11.4 Å². The van der Waals surface area contributed by atoms with E-state index in [0.29, 0.717) is 18.7 Å². The van der Waals surface area contributed by atoms with Crippen molar-refractivity contribution in [2.24, 2.45) is 13.0 Å². The molecule has 3 rings (SSSR count). The molecule has 2 aromatic heterocycles. The highest BCUT2D eigenvalue weighted by molar-refractivity contribution is 5.78. The topological polar surface area (TPSA) is 77.6 Å². The molecule has 0 saturated carbocycles. The Morgan fingerprint density at radius 3 is 2.53 bits per heavy atom. The van der Waals surface area contributed by atoms with Crippen LogP contribution in [-0.4, -0.2) is 37.0 Å². The van der Waals surface area contributed by atoms with Crippen LogP contribution < -0.4 is 5.32 Å². The van der Waals surface area contributed by atoms with Crippen molar-refractivity contribution in [3.05, 3.63) is 53.6 Å². The zero-order chi connectivity index (χ0) is 21.9. The Balaban J connectivity index is 1.54. The first-order valence-corrected chi connectivity index (χ1v) is 9.50. The standard InChI is InChI=1S/C20H23F3N6O/c1-13(12-29-14(2)11-16(27-29)20(21,22)23)19(30)24-10-9-17-25-26-18(28(17)3)15-7-5-4-6-8-15/h4-8,11,13H,9-10,12H2,1-3H3,(H,24,30). The van der Waals surface area contributed by atoms with Gasteiger partial charge in [0.05, 0.1) is 12.5 Å². The molecule has 1 aromatic carbocycles. The average Bonchev–Trinajstić information content (AvgIpc) is 3.25. The number of hydrogen-bond acceptors (Lipinski definition) is 4. The lowest BCUT2D eigenvalue weighted by Crippen LogP contribution is -2.33. The summed E-state index contributed by atoms with van der Waals surface area (Å²) in [5.41, 5.74) is 0.350. The average molecular weight is 420 g/mol. The van der Waals surface area contributed by atoms with Gasteiger partial charge in [0.2, 0.25) is 5.91 Å². The van der Waals surface area contributed by atoms with Gasteiger partial charge in [-0.2, -0.15) is 18.3 Å². The maximum atomic E-state index is 12.8. The number of alkyl halides is 3. The molecule has 0 saturated heterocycles. The smallest absolute Gasteiger partial charge is 0.355 e. The van der Waals surface area contributed by atoms with Crippen molar-refractivity contribution in [1.82, 2.24) is 29.9 Å². The van der Waals surface area contributed by atoms with Crippen molar-refractivity contribution in [3.63, 3.8) is 0 Å². The highest BCUT2D eigenvalue weighted by atomic mass is 19.4. The maximum Gasteiger partial charge on any atom is 0.435 e. The predicted molar refractivity (Wildman–Crippen MR) is 104 cm³/mol. The van der Waals surface area contributed by atoms with Gasteiger partial charge in [0.25, 0.3) is 0 Å². The van der Waals surface area contributed by atoms with Gasteiger partial charge in [-0.05, 0) is 13.0 Å². The molecule has 0 radical (unpaired) electrons. The minimum Gasteiger partial charge on any atom is -0.355 e. The molecular weight excluding hydrogens is 397 g/mol. The second-order valence-corrected chi connectivity index (χ2v) is 7.16. The number of carbonyl (C=O) groups excluding carboxylic acids is 1. The van der Waals surface area contributed by atoms with E-state index in [-0.39, 0.29) is 12.5 Å². The Bertz CT molecular complexity index is 1010. The quantitative estimate of drug-likeness (QED) is 0.638. The lowest BCUT2D eigenvalue weighted by molar-refractivity contribution is -0.141. The zero-order valence-electron chi connectivity index (χ0n) is 16.9. The number of benzene rings is 1. The molecule has 2 heterocycles. The molecule has 3 aromatic rings. The van der Waals surface area contributed by atoms with Crippen molar-refractivity contribution < 1.29 is 18.0 Å². The number of amides is 1. The van der Waals surface area contributed by atoms with E-state index in [1.165, 1.54) is 11.6 Å². The molecule has 7 nitrogen and oxygen atoms in total. The highest BCUT2D eigenvalue weighted by Crippen LogP contribution is 2.28. The van der Waals surface area contributed by atoms with E-state index in [1.54, 1.807) is 6.92 Å². The van der Waals surface area contributed by atoms with Gasteiger partial charge in [-0.25, -0.2) is 0 Å². The zero-order valence-corrected chi connectivity index (χ0v) is 16.9. The third-order valence-corrected chi connectivity index (χ3v) is 4.81. The van der Waals surface area contributed by atoms with E-state index in [4.69, 9.17) is 0 Å². The van der Waals surface area contributed by atoms with Crippen molar-refractivity contribution in [2.45, 2.75) is 33.0 Å². The molecule has 160 valence electrons. The minimum atomic E-state index is -4.50. The van der Waals surface area contributed by atoms with Crippen LogP contribution in [0.5, 0.6) is 0 Å². The molecule has 0 spiro atoms. The molecule has 1 N–H and O–H groups in total. The number of aryl methyl sites for hydroxylation is 1. The van der Waals surface area contributed by atoms with Crippen molar-refractivity contribution in [2.75, 3.05) is 6.54 Å². The van der Waals surface area contributed by atoms with Gasteiger partial charge in [-0.15, -0.1) is 10.2 Å². The van der Waals surface area contributed by atoms with E-state index < -0.39 is 17.8 Å². The molecule has 0 bridgehead atoms. The van der Waals surface area contributed by atoms with Gasteiger partial charge in [0.15, 0.2) is 11.5 Å². The van der Waals surface area contributed by atoms with Crippen LogP contribution >= 0.6 is 0 Å². The Morgan fingerprint density at radius 2 is 1.90 bits per heavy atom. The van der Waals surface area contributed by atoms with Crippen molar-refractivity contribution in [3.8, 4) is 11.4 Å². The lowest BCUT2D eigenvalue weighted by Gasteiger charge is -2.13. The number of carbonyl (C=O) groups is 1. The first kappa shape index (κ1) is 21.5. The fourth-order valence-electron chi connectivity index (χ4n) is 3.07. The summed E-state index contributed by atoms with van der Waals surface area (Å²) in [6.45, 7) is 3.59. The summed E-state index contributed by atoms with van der Waals surface area (Å²) < 4.78 is 41.4. The van der Waals surface area contributed by atoms with Crippen LogP contribution in [0, 0.1) is 12.8 Å². The Kier molecular flexibility index (Phi) is 6.23. The van der Waals surface area contributed by atoms with Crippen LogP contribution in [0.1, 0.15) is 24.1 Å². The van der Waals surface area contributed by atoms with Crippen LogP contribution in [-0.2, 0) is 31.0 Å². The monoisotopic (exact) mass is 420 g/mol. The van der Waals surface area contributed by atoms with Gasteiger partial charge >= 0.3 is 6.18 Å². The maximum absolute atomic E-state index is 12.8. The fourth-order valence-corrected chi connectivity index (χ4v) is 3.07. The van der Waals surface area contributed by atoms with Gasteiger partial charge < -0.3 is 9.88 Å². The number of nitrogens with zero attached hydrogens (tertiary/aromatic N) is 5. The van der Waals surface area contributed by atoms with E-state index >= 15 is 0 Å². The third-order valence-electron chi connectivity index (χ3n) is 4.81. The van der Waals surface area contributed by atoms with Crippen LogP contribution in [0.3, 0.4) is 0 Å². The predicted octanol–water partition coefficient (Wildman–Crippen LogP) is 3.00. The van der Waals surface area contributed by atoms with Crippen molar-refractivity contribution >= 4 is 5.91 Å². The van der Waals surface area contributed by atoms with Gasteiger partial charge in [-0.1, -0.05) is 37.3 Å². The number of rotatable bonds is 7. The van der Waals surface area contributed by atoms with Gasteiger partial charge in [0, 0.05) is 31.3 Å². The SMILES string of the molecule is Cc1cc(C(F)(F)F)nn1CC(C)C(=O)NCCc1nnc(-c2ccccc2)n1C. The normalized spacial score (nSPS) is 12.7. The largest absolute Gasteiger partial charge is 0.435 e. The molecule has 0 fully saturated rings. The molecule has 1 atom stereocenters. The summed E-state index contributed by atoms with van der Waals surface area (Å²) in [5.74, 6) is 0.660. The first-order valence-electron chi connectivity index (χ1n) is 9.50. The number of nitrogens with one attached hydrogen (secondary N) is 1. The molecule has 1 unspecified atom stereocenters. The Morgan fingerprint density at radius 1 is 1.20 bits per heavy atom. The summed E-state index contributed by atoms with van der Waals surface area (Å²) in [6.07, 6.45) is -4.02. The summed E-state index contributed by atoms with van der Waals surface area (Å²) >= 11 is 0. The fraction of sp³-hybridized carbons (Fsp3) is 0.400. The summed E-state index contributed by atoms with van der Waals surface area (Å²) in [6, 6.07) is 10.6. The third kappa shape index (κ3) is 4.87.